The van der Waals surface area contributed by atoms with Gasteiger partial charge in [0, 0.05) is 9.75 Å². The van der Waals surface area contributed by atoms with Crippen molar-refractivity contribution in [3.05, 3.63) is 80.7 Å². The number of benzene rings is 1. The Morgan fingerprint density at radius 1 is 0.969 bits per heavy atom. The lowest BCUT2D eigenvalue weighted by Gasteiger charge is -2.41. The predicted octanol–water partition coefficient (Wildman–Crippen LogP) is 4.39. The van der Waals surface area contributed by atoms with Crippen LogP contribution in [0.25, 0.3) is 0 Å². The standard InChI is InChI=1S/C21H22NO7PS2/c1-2-28-19(23)14-22(20(24)29-15-16-8-4-3-5-9-16)21(30(25,26)27,17-10-6-12-31-17)18-11-7-13-32-18/h3-13H,2,14-15H2,1H3,(H2,25,26,27). The quantitative estimate of drug-likeness (QED) is 0.334. The van der Waals surface area contributed by atoms with Crippen LogP contribution in [-0.2, 0) is 30.7 Å². The van der Waals surface area contributed by atoms with Gasteiger partial charge in [-0.3, -0.25) is 14.3 Å². The molecule has 170 valence electrons. The van der Waals surface area contributed by atoms with Gasteiger partial charge in [0.05, 0.1) is 6.61 Å². The lowest BCUT2D eigenvalue weighted by atomic mass is 10.1. The van der Waals surface area contributed by atoms with Crippen molar-refractivity contribution in [2.75, 3.05) is 13.2 Å². The molecule has 11 heteroatoms. The second kappa shape index (κ2) is 10.4. The van der Waals surface area contributed by atoms with Crippen molar-refractivity contribution in [2.45, 2.75) is 18.8 Å². The molecule has 0 aliphatic rings. The minimum Gasteiger partial charge on any atom is -0.465 e. The molecule has 0 bridgehead atoms. The number of esters is 1. The molecular weight excluding hydrogens is 473 g/mol. The molecule has 2 aromatic heterocycles. The molecule has 2 heterocycles. The van der Waals surface area contributed by atoms with Gasteiger partial charge in [-0.15, -0.1) is 22.7 Å². The highest BCUT2D eigenvalue weighted by molar-refractivity contribution is 7.54. The van der Waals surface area contributed by atoms with Gasteiger partial charge in [0.2, 0.25) is 5.28 Å². The Morgan fingerprint density at radius 3 is 2.03 bits per heavy atom. The third-order valence-electron chi connectivity index (χ3n) is 4.56. The average Bonchev–Trinajstić information content (AvgIpc) is 3.47. The summed E-state index contributed by atoms with van der Waals surface area (Å²) in [5.41, 5.74) is 0.686. The molecule has 0 aliphatic carbocycles. The summed E-state index contributed by atoms with van der Waals surface area (Å²) in [7, 11) is -5.13. The summed E-state index contributed by atoms with van der Waals surface area (Å²) < 4.78 is 23.5. The van der Waals surface area contributed by atoms with E-state index >= 15 is 0 Å². The molecule has 0 spiro atoms. The van der Waals surface area contributed by atoms with E-state index in [1.54, 1.807) is 54.1 Å². The molecule has 0 fully saturated rings. The van der Waals surface area contributed by atoms with Crippen molar-refractivity contribution in [1.29, 1.82) is 0 Å². The molecule has 0 aliphatic heterocycles. The van der Waals surface area contributed by atoms with Gasteiger partial charge >= 0.3 is 19.7 Å². The van der Waals surface area contributed by atoms with E-state index in [0.717, 1.165) is 27.6 Å². The van der Waals surface area contributed by atoms with Gasteiger partial charge in [0.15, 0.2) is 0 Å². The van der Waals surface area contributed by atoms with E-state index < -0.39 is 31.5 Å². The fraction of sp³-hybridized carbons (Fsp3) is 0.238. The van der Waals surface area contributed by atoms with Crippen LogP contribution in [0.3, 0.4) is 0 Å². The van der Waals surface area contributed by atoms with Gasteiger partial charge in [-0.1, -0.05) is 42.5 Å². The molecule has 0 saturated carbocycles. The monoisotopic (exact) mass is 495 g/mol. The zero-order valence-corrected chi connectivity index (χ0v) is 19.6. The maximum Gasteiger partial charge on any atom is 0.412 e. The van der Waals surface area contributed by atoms with Gasteiger partial charge < -0.3 is 19.3 Å². The van der Waals surface area contributed by atoms with E-state index in [1.807, 2.05) is 6.07 Å². The Labute approximate surface area is 193 Å². The largest absolute Gasteiger partial charge is 0.465 e. The highest BCUT2D eigenvalue weighted by Crippen LogP contribution is 2.64. The minimum atomic E-state index is -5.13. The van der Waals surface area contributed by atoms with Crippen LogP contribution in [0.4, 0.5) is 4.79 Å². The molecule has 32 heavy (non-hydrogen) atoms. The van der Waals surface area contributed by atoms with E-state index in [1.165, 1.54) is 12.1 Å². The van der Waals surface area contributed by atoms with E-state index in [4.69, 9.17) is 9.47 Å². The SMILES string of the molecule is CCOC(=O)CN(C(=O)OCc1ccccc1)C(c1cccs1)(c1cccs1)P(=O)(O)O. The summed E-state index contributed by atoms with van der Waals surface area (Å²) in [6.45, 7) is 0.810. The molecule has 8 nitrogen and oxygen atoms in total. The van der Waals surface area contributed by atoms with Crippen LogP contribution in [0, 0.1) is 0 Å². The van der Waals surface area contributed by atoms with E-state index in [-0.39, 0.29) is 23.0 Å². The first-order valence-corrected chi connectivity index (χ1v) is 13.0. The number of carbonyl (C=O) groups is 2. The average molecular weight is 496 g/mol. The number of rotatable bonds is 9. The van der Waals surface area contributed by atoms with E-state index in [9.17, 15) is 23.9 Å². The van der Waals surface area contributed by atoms with Crippen LogP contribution >= 0.6 is 30.3 Å². The maximum atomic E-state index is 13.3. The first kappa shape index (κ1) is 24.2. The van der Waals surface area contributed by atoms with E-state index in [2.05, 4.69) is 0 Å². The van der Waals surface area contributed by atoms with Crippen molar-refractivity contribution in [2.24, 2.45) is 0 Å². The van der Waals surface area contributed by atoms with Gasteiger partial charge in [-0.05, 0) is 35.4 Å². The third-order valence-corrected chi connectivity index (χ3v) is 8.39. The summed E-state index contributed by atoms with van der Waals surface area (Å²) in [5, 5.41) is 1.05. The van der Waals surface area contributed by atoms with Crippen molar-refractivity contribution in [1.82, 2.24) is 4.90 Å². The molecule has 0 radical (unpaired) electrons. The summed E-state index contributed by atoms with van der Waals surface area (Å²) in [6.07, 6.45) is -1.05. The predicted molar refractivity (Wildman–Crippen MR) is 121 cm³/mol. The fourth-order valence-electron chi connectivity index (χ4n) is 3.23. The van der Waals surface area contributed by atoms with Crippen LogP contribution in [0.5, 0.6) is 0 Å². The molecule has 0 saturated heterocycles. The van der Waals surface area contributed by atoms with Crippen LogP contribution in [-0.4, -0.2) is 39.9 Å². The summed E-state index contributed by atoms with van der Waals surface area (Å²) in [6, 6.07) is 15.1. The van der Waals surface area contributed by atoms with Crippen LogP contribution in [0.2, 0.25) is 0 Å². The number of hydrogen-bond donors (Lipinski definition) is 2. The smallest absolute Gasteiger partial charge is 0.412 e. The number of nitrogens with zero attached hydrogens (tertiary/aromatic N) is 1. The number of carbonyl (C=O) groups excluding carboxylic acids is 2. The Balaban J connectivity index is 2.12. The van der Waals surface area contributed by atoms with Crippen LogP contribution < -0.4 is 0 Å². The Bertz CT molecular complexity index is 1030. The molecule has 0 unspecified atom stereocenters. The summed E-state index contributed by atoms with van der Waals surface area (Å²) in [4.78, 5) is 48.2. The number of ether oxygens (including phenoxy) is 2. The van der Waals surface area contributed by atoms with Gasteiger partial charge in [0.1, 0.15) is 13.2 Å². The second-order valence-electron chi connectivity index (χ2n) is 6.60. The molecule has 2 N–H and O–H groups in total. The third kappa shape index (κ3) is 4.95. The Hall–Kier alpha value is -2.49. The number of hydrogen-bond acceptors (Lipinski definition) is 7. The Kier molecular flexibility index (Phi) is 7.86. The van der Waals surface area contributed by atoms with Crippen LogP contribution in [0.1, 0.15) is 22.2 Å². The first-order chi connectivity index (χ1) is 15.3. The molecule has 0 atom stereocenters. The Morgan fingerprint density at radius 2 is 1.56 bits per heavy atom. The highest BCUT2D eigenvalue weighted by Gasteiger charge is 2.59. The molecular formula is C21H22NO7PS2. The maximum absolute atomic E-state index is 13.3. The normalized spacial score (nSPS) is 11.7. The van der Waals surface area contributed by atoms with Gasteiger partial charge in [-0.25, -0.2) is 4.79 Å². The molecule has 3 rings (SSSR count). The summed E-state index contributed by atoms with van der Waals surface area (Å²) >= 11 is 2.14. The van der Waals surface area contributed by atoms with Crippen LogP contribution in [0.15, 0.2) is 65.4 Å². The van der Waals surface area contributed by atoms with Crippen molar-refractivity contribution >= 4 is 42.3 Å². The van der Waals surface area contributed by atoms with Gasteiger partial charge in [-0.2, -0.15) is 0 Å². The van der Waals surface area contributed by atoms with Crippen molar-refractivity contribution < 1.29 is 33.4 Å². The second-order valence-corrected chi connectivity index (χ2v) is 10.2. The highest BCUT2D eigenvalue weighted by atomic mass is 32.1. The van der Waals surface area contributed by atoms with Crippen molar-refractivity contribution in [3.63, 3.8) is 0 Å². The van der Waals surface area contributed by atoms with Crippen molar-refractivity contribution in [3.8, 4) is 0 Å². The first-order valence-electron chi connectivity index (χ1n) is 9.58. The lowest BCUT2D eigenvalue weighted by Crippen LogP contribution is -2.52. The number of amides is 1. The lowest BCUT2D eigenvalue weighted by molar-refractivity contribution is -0.144. The molecule has 3 aromatic rings. The molecule has 1 amide bonds. The number of thiophene rings is 2. The van der Waals surface area contributed by atoms with E-state index in [0.29, 0.717) is 5.56 Å². The summed E-state index contributed by atoms with van der Waals surface area (Å²) in [5.74, 6) is -0.810. The topological polar surface area (TPSA) is 113 Å². The van der Waals surface area contributed by atoms with Gasteiger partial charge in [0.25, 0.3) is 0 Å². The minimum absolute atomic E-state index is 0.0483. The zero-order valence-electron chi connectivity index (χ0n) is 17.1. The fourth-order valence-corrected chi connectivity index (χ4v) is 7.20. The molecule has 1 aromatic carbocycles. The zero-order chi connectivity index (χ0) is 23.2.